The quantitative estimate of drug-likeness (QED) is 0.143. The molecular formula is C73H55N5S. The predicted molar refractivity (Wildman–Crippen MR) is 333 cm³/mol. The number of hydrogen-bond donors (Lipinski definition) is 0. The third-order valence-electron chi connectivity index (χ3n) is 16.5. The molecule has 0 saturated heterocycles. The van der Waals surface area contributed by atoms with Crippen LogP contribution < -0.4 is 10.6 Å². The summed E-state index contributed by atoms with van der Waals surface area (Å²) in [6.07, 6.45) is 29.8. The largest absolute Gasteiger partial charge is 0.310 e. The summed E-state index contributed by atoms with van der Waals surface area (Å²) in [5.74, 6) is 9.44. The van der Waals surface area contributed by atoms with Gasteiger partial charge >= 0.3 is 0 Å². The maximum Gasteiger partial charge on any atom is 0.164 e. The summed E-state index contributed by atoms with van der Waals surface area (Å²) in [7, 11) is 0. The molecule has 5 nitrogen and oxygen atoms in total. The van der Waals surface area contributed by atoms with E-state index in [-0.39, 0.29) is 5.92 Å². The molecule has 79 heavy (non-hydrogen) atoms. The maximum atomic E-state index is 5.45. The number of thiophene rings is 1. The highest BCUT2D eigenvalue weighted by Gasteiger charge is 2.27. The number of fused-ring (bicyclic) bond motifs is 10. The molecule has 0 spiro atoms. The zero-order valence-electron chi connectivity index (χ0n) is 44.3. The van der Waals surface area contributed by atoms with Crippen molar-refractivity contribution in [1.82, 2.24) is 24.1 Å². The minimum Gasteiger partial charge on any atom is -0.310 e. The zero-order valence-corrected chi connectivity index (χ0v) is 45.1. The molecule has 0 aliphatic heterocycles. The Labute approximate surface area is 463 Å². The molecular weight excluding hydrogens is 979 g/mol. The number of aryl methyl sites for hydroxylation is 2. The Kier molecular flexibility index (Phi) is 11.6. The van der Waals surface area contributed by atoms with Crippen molar-refractivity contribution in [2.24, 2.45) is 0 Å². The van der Waals surface area contributed by atoms with Crippen LogP contribution in [0.1, 0.15) is 84.8 Å². The highest BCUT2D eigenvalue weighted by Crippen LogP contribution is 2.47. The molecule has 0 saturated carbocycles. The molecule has 4 aliphatic rings. The van der Waals surface area contributed by atoms with Gasteiger partial charge in [-0.15, -0.1) is 11.3 Å². The lowest BCUT2D eigenvalue weighted by molar-refractivity contribution is 0.979. The normalized spacial score (nSPS) is 17.5. The Morgan fingerprint density at radius 1 is 0.519 bits per heavy atom. The molecule has 0 bridgehead atoms. The van der Waals surface area contributed by atoms with Gasteiger partial charge < -0.3 is 9.13 Å². The second-order valence-corrected chi connectivity index (χ2v) is 22.3. The average molecular weight is 1030 g/mol. The molecule has 15 rings (SSSR count). The van der Waals surface area contributed by atoms with Crippen molar-refractivity contribution in [3.8, 4) is 40.0 Å². The van der Waals surface area contributed by atoms with Gasteiger partial charge in [0.05, 0.1) is 22.5 Å². The van der Waals surface area contributed by atoms with Crippen molar-refractivity contribution < 1.29 is 0 Å². The van der Waals surface area contributed by atoms with Crippen molar-refractivity contribution in [3.63, 3.8) is 0 Å². The van der Waals surface area contributed by atoms with E-state index in [9.17, 15) is 0 Å². The summed E-state index contributed by atoms with van der Waals surface area (Å²) in [5, 5.41) is 9.04. The van der Waals surface area contributed by atoms with Gasteiger partial charge in [0.15, 0.2) is 17.5 Å². The topological polar surface area (TPSA) is 48.5 Å². The van der Waals surface area contributed by atoms with Crippen LogP contribution in [-0.2, 0) is 0 Å². The molecule has 378 valence electrons. The van der Waals surface area contributed by atoms with Crippen LogP contribution in [0.2, 0.25) is 0 Å². The van der Waals surface area contributed by atoms with E-state index in [1.54, 1.807) is 0 Å². The summed E-state index contributed by atoms with van der Waals surface area (Å²) < 4.78 is 7.51. The van der Waals surface area contributed by atoms with Crippen LogP contribution in [0.4, 0.5) is 0 Å². The lowest BCUT2D eigenvalue weighted by atomic mass is 9.83. The molecule has 7 aromatic carbocycles. The van der Waals surface area contributed by atoms with Gasteiger partial charge in [-0.3, -0.25) is 0 Å². The summed E-state index contributed by atoms with van der Waals surface area (Å²) in [5.41, 5.74) is 17.2. The van der Waals surface area contributed by atoms with Crippen molar-refractivity contribution in [3.05, 3.63) is 239 Å². The second-order valence-electron chi connectivity index (χ2n) is 21.3. The molecule has 4 heterocycles. The van der Waals surface area contributed by atoms with Crippen molar-refractivity contribution in [2.75, 3.05) is 0 Å². The van der Waals surface area contributed by atoms with Gasteiger partial charge in [-0.05, 0) is 140 Å². The summed E-state index contributed by atoms with van der Waals surface area (Å²) in [6.45, 7) is 4.55. The Hall–Kier alpha value is -9.15. The number of para-hydroxylation sites is 2. The first-order valence-electron chi connectivity index (χ1n) is 27.9. The van der Waals surface area contributed by atoms with Gasteiger partial charge in [-0.2, -0.15) is 0 Å². The Morgan fingerprint density at radius 2 is 1.24 bits per heavy atom. The monoisotopic (exact) mass is 1030 g/mol. The molecule has 4 aliphatic carbocycles. The van der Waals surface area contributed by atoms with Gasteiger partial charge in [0.1, 0.15) is 0 Å². The SMILES string of the molecule is Cc1cccc(C2=C(\c3nc(C4=CCCC=C4)nc(-c4ccccc4)n3)CC#CC(c3cccc4sc5ccc6c(c7c(n6-c6ccccc6)=CCCC=7)c5c34)/C=C\2)c1-c1c(C)ccc2c1c1ccccc1n2C1=CCCC=C1. The molecule has 0 fully saturated rings. The third kappa shape index (κ3) is 7.86. The van der Waals surface area contributed by atoms with Crippen LogP contribution in [0.25, 0.3) is 116 Å². The second kappa shape index (κ2) is 19.4. The van der Waals surface area contributed by atoms with Gasteiger partial charge in [0, 0.05) is 81.4 Å². The number of aromatic nitrogens is 5. The fourth-order valence-electron chi connectivity index (χ4n) is 12.9. The van der Waals surface area contributed by atoms with E-state index in [2.05, 4.69) is 235 Å². The van der Waals surface area contributed by atoms with E-state index in [1.807, 2.05) is 17.4 Å². The fraction of sp³-hybridized carbons (Fsp3) is 0.137. The van der Waals surface area contributed by atoms with E-state index in [0.717, 1.165) is 66.4 Å². The zero-order chi connectivity index (χ0) is 52.6. The number of allylic oxidation sites excluding steroid dienone is 12. The first-order valence-corrected chi connectivity index (χ1v) is 28.7. The fourth-order valence-corrected chi connectivity index (χ4v) is 14.1. The van der Waals surface area contributed by atoms with Crippen LogP contribution in [-0.4, -0.2) is 24.1 Å². The van der Waals surface area contributed by atoms with Crippen LogP contribution in [0, 0.1) is 25.7 Å². The minimum absolute atomic E-state index is 0.213. The minimum atomic E-state index is -0.213. The first kappa shape index (κ1) is 47.1. The van der Waals surface area contributed by atoms with Crippen LogP contribution in [0.3, 0.4) is 0 Å². The van der Waals surface area contributed by atoms with E-state index in [4.69, 9.17) is 15.0 Å². The lowest BCUT2D eigenvalue weighted by Gasteiger charge is -2.21. The molecule has 4 aromatic heterocycles. The molecule has 0 N–H and O–H groups in total. The Bertz CT molecular complexity index is 4770. The molecule has 1 unspecified atom stereocenters. The predicted octanol–water partition coefficient (Wildman–Crippen LogP) is 17.2. The highest BCUT2D eigenvalue weighted by molar-refractivity contribution is 7.26. The lowest BCUT2D eigenvalue weighted by Crippen LogP contribution is -2.30. The molecule has 11 aromatic rings. The van der Waals surface area contributed by atoms with Gasteiger partial charge in [0.2, 0.25) is 0 Å². The van der Waals surface area contributed by atoms with Crippen molar-refractivity contribution >= 4 is 98.8 Å². The summed E-state index contributed by atoms with van der Waals surface area (Å²) in [4.78, 5) is 16.1. The highest BCUT2D eigenvalue weighted by atomic mass is 32.1. The molecule has 1 atom stereocenters. The Morgan fingerprint density at radius 3 is 2.09 bits per heavy atom. The molecule has 0 radical (unpaired) electrons. The van der Waals surface area contributed by atoms with Crippen LogP contribution >= 0.6 is 11.3 Å². The van der Waals surface area contributed by atoms with E-state index in [0.29, 0.717) is 23.9 Å². The number of hydrogen-bond acceptors (Lipinski definition) is 4. The van der Waals surface area contributed by atoms with Crippen molar-refractivity contribution in [2.45, 2.75) is 64.7 Å². The van der Waals surface area contributed by atoms with Gasteiger partial charge in [-0.1, -0.05) is 170 Å². The summed E-state index contributed by atoms with van der Waals surface area (Å²) >= 11 is 1.89. The number of rotatable bonds is 8. The first-order chi connectivity index (χ1) is 39.1. The van der Waals surface area contributed by atoms with Crippen LogP contribution in [0.5, 0.6) is 0 Å². The molecule has 6 heteroatoms. The van der Waals surface area contributed by atoms with Crippen LogP contribution in [0.15, 0.2) is 194 Å². The number of nitrogens with zero attached hydrogens (tertiary/aromatic N) is 5. The maximum absolute atomic E-state index is 5.45. The van der Waals surface area contributed by atoms with Gasteiger partial charge in [0.25, 0.3) is 0 Å². The standard InChI is InChI=1S/C73H55N5S/c1-46-22-19-35-55(65(46)66-47(2)40-43-61-67(66)57-32-15-17-37-59(57)77(61)51-28-11-5-12-29-51)54-42-41-48(27-20-36-56(54)73-75-71(49-23-7-3-8-24-49)74-72(76-73)50-25-9-4-10-26-50)53-34-21-39-63-69(53)70-64(79-63)45-44-62-68(70)58-33-16-18-38-60(58)78(62)52-30-13-6-14-31-52/h3,6-9,11,13-15,17,19,21-26,28-35,37-45,48H,4-5,10,12,16,18,36H2,1-2H3/b42-41-,56-54-. The third-order valence-corrected chi connectivity index (χ3v) is 17.6. The Balaban J connectivity index is 0.993. The van der Waals surface area contributed by atoms with E-state index < -0.39 is 0 Å². The van der Waals surface area contributed by atoms with Crippen molar-refractivity contribution in [1.29, 1.82) is 0 Å². The van der Waals surface area contributed by atoms with E-state index in [1.165, 1.54) is 103 Å². The summed E-state index contributed by atoms with van der Waals surface area (Å²) in [6, 6.07) is 53.1. The average Bonchev–Trinajstić information content (AvgIpc) is 4.39. The van der Waals surface area contributed by atoms with E-state index >= 15 is 0 Å². The smallest absolute Gasteiger partial charge is 0.164 e. The molecule has 0 amide bonds. The van der Waals surface area contributed by atoms with Gasteiger partial charge in [-0.25, -0.2) is 15.0 Å². The number of benzene rings is 7.